The van der Waals surface area contributed by atoms with E-state index in [9.17, 15) is 4.79 Å². The lowest BCUT2D eigenvalue weighted by Crippen LogP contribution is -2.54. The van der Waals surface area contributed by atoms with Crippen LogP contribution in [0.5, 0.6) is 0 Å². The summed E-state index contributed by atoms with van der Waals surface area (Å²) in [7, 11) is 1.56. The molecular formula is C11H17NO4. The van der Waals surface area contributed by atoms with Gasteiger partial charge in [-0.05, 0) is 12.8 Å². The lowest BCUT2D eigenvalue weighted by atomic mass is 10.2. The molecule has 1 saturated carbocycles. The maximum atomic E-state index is 11.8. The molecule has 1 spiro atoms. The molecule has 0 aromatic carbocycles. The van der Waals surface area contributed by atoms with Crippen LogP contribution in [0, 0.1) is 0 Å². The number of methoxy groups -OCH3 is 1. The molecule has 2 fully saturated rings. The van der Waals surface area contributed by atoms with Crippen LogP contribution in [0.25, 0.3) is 0 Å². The predicted octanol–water partition coefficient (Wildman–Crippen LogP) is 1.15. The molecule has 16 heavy (non-hydrogen) atoms. The molecular weight excluding hydrogens is 210 g/mol. The number of rotatable bonds is 3. The Labute approximate surface area is 94.9 Å². The van der Waals surface area contributed by atoms with E-state index in [-0.39, 0.29) is 24.5 Å². The molecule has 2 aliphatic rings. The molecule has 2 rings (SSSR count). The highest BCUT2D eigenvalue weighted by molar-refractivity contribution is 5.68. The van der Waals surface area contributed by atoms with Gasteiger partial charge in [0.2, 0.25) is 0 Å². The molecule has 90 valence electrons. The Bertz CT molecular complexity index is 288. The smallest absolute Gasteiger partial charge is 0.412 e. The molecule has 1 heterocycles. The van der Waals surface area contributed by atoms with Crippen LogP contribution in [-0.4, -0.2) is 49.7 Å². The van der Waals surface area contributed by atoms with E-state index in [1.54, 1.807) is 18.1 Å². The van der Waals surface area contributed by atoms with Gasteiger partial charge in [-0.3, -0.25) is 4.90 Å². The van der Waals surface area contributed by atoms with Crippen molar-refractivity contribution in [2.45, 2.75) is 24.7 Å². The number of amides is 1. The first-order valence-electron chi connectivity index (χ1n) is 5.42. The number of morpholine rings is 1. The Balaban J connectivity index is 1.96. The van der Waals surface area contributed by atoms with Crippen LogP contribution in [0.2, 0.25) is 0 Å². The molecule has 1 unspecified atom stereocenters. The van der Waals surface area contributed by atoms with E-state index < -0.39 is 0 Å². The van der Waals surface area contributed by atoms with Gasteiger partial charge in [-0.1, -0.05) is 12.7 Å². The molecule has 1 aliphatic heterocycles. The van der Waals surface area contributed by atoms with Crippen molar-refractivity contribution in [1.29, 1.82) is 0 Å². The lowest BCUT2D eigenvalue weighted by molar-refractivity contribution is -0.152. The first-order valence-corrected chi connectivity index (χ1v) is 5.42. The average Bonchev–Trinajstić information content (AvgIpc) is 3.05. The monoisotopic (exact) mass is 227 g/mol. The first-order chi connectivity index (χ1) is 7.71. The van der Waals surface area contributed by atoms with Gasteiger partial charge in [-0.25, -0.2) is 4.79 Å². The fourth-order valence-corrected chi connectivity index (χ4v) is 1.83. The van der Waals surface area contributed by atoms with Crippen molar-refractivity contribution in [3.63, 3.8) is 0 Å². The second kappa shape index (κ2) is 4.43. The minimum Gasteiger partial charge on any atom is -0.445 e. The van der Waals surface area contributed by atoms with Crippen molar-refractivity contribution in [2.75, 3.05) is 26.9 Å². The zero-order valence-corrected chi connectivity index (χ0v) is 9.48. The molecule has 1 aliphatic carbocycles. The molecule has 1 atom stereocenters. The van der Waals surface area contributed by atoms with E-state index in [0.29, 0.717) is 13.2 Å². The molecule has 0 bridgehead atoms. The highest BCUT2D eigenvalue weighted by Gasteiger charge is 2.51. The molecule has 0 aromatic rings. The molecule has 1 saturated heterocycles. The fraction of sp³-hybridized carbons (Fsp3) is 0.727. The molecule has 5 nitrogen and oxygen atoms in total. The van der Waals surface area contributed by atoms with E-state index in [0.717, 1.165) is 12.8 Å². The van der Waals surface area contributed by atoms with Crippen LogP contribution in [0.1, 0.15) is 12.8 Å². The van der Waals surface area contributed by atoms with Crippen molar-refractivity contribution in [3.8, 4) is 0 Å². The molecule has 0 radical (unpaired) electrons. The highest BCUT2D eigenvalue weighted by Crippen LogP contribution is 2.43. The topological polar surface area (TPSA) is 48.0 Å². The van der Waals surface area contributed by atoms with Gasteiger partial charge in [0.15, 0.2) is 6.23 Å². The summed E-state index contributed by atoms with van der Waals surface area (Å²) in [5.74, 6) is 0. The summed E-state index contributed by atoms with van der Waals surface area (Å²) < 4.78 is 15.9. The summed E-state index contributed by atoms with van der Waals surface area (Å²) in [6, 6.07) is 0. The molecule has 0 N–H and O–H groups in total. The van der Waals surface area contributed by atoms with Gasteiger partial charge < -0.3 is 14.2 Å². The van der Waals surface area contributed by atoms with Crippen LogP contribution in [0.4, 0.5) is 4.79 Å². The van der Waals surface area contributed by atoms with Crippen molar-refractivity contribution in [3.05, 3.63) is 12.7 Å². The van der Waals surface area contributed by atoms with Crippen LogP contribution < -0.4 is 0 Å². The normalized spacial score (nSPS) is 26.6. The van der Waals surface area contributed by atoms with Gasteiger partial charge in [0.05, 0.1) is 18.8 Å². The van der Waals surface area contributed by atoms with E-state index in [1.165, 1.54) is 0 Å². The Hall–Kier alpha value is -1.07. The summed E-state index contributed by atoms with van der Waals surface area (Å²) in [6.07, 6.45) is 2.86. The SMILES string of the molecule is C=CCOC(=O)N1CC2(CC2)OCC1OC. The largest absolute Gasteiger partial charge is 0.445 e. The second-order valence-electron chi connectivity index (χ2n) is 4.18. The third-order valence-corrected chi connectivity index (χ3v) is 2.98. The van der Waals surface area contributed by atoms with Crippen molar-refractivity contribution >= 4 is 6.09 Å². The van der Waals surface area contributed by atoms with Crippen LogP contribution in [-0.2, 0) is 14.2 Å². The van der Waals surface area contributed by atoms with Crippen LogP contribution in [0.3, 0.4) is 0 Å². The Morgan fingerprint density at radius 2 is 2.44 bits per heavy atom. The average molecular weight is 227 g/mol. The maximum Gasteiger partial charge on any atom is 0.412 e. The maximum absolute atomic E-state index is 11.8. The number of hydrogen-bond acceptors (Lipinski definition) is 4. The first kappa shape index (κ1) is 11.4. The quantitative estimate of drug-likeness (QED) is 0.678. The third-order valence-electron chi connectivity index (χ3n) is 2.98. The minimum absolute atomic E-state index is 0.123. The number of hydrogen-bond donors (Lipinski definition) is 0. The number of carbonyl (C=O) groups excluding carboxylic acids is 1. The van der Waals surface area contributed by atoms with Crippen LogP contribution in [0.15, 0.2) is 12.7 Å². The number of carbonyl (C=O) groups is 1. The Kier molecular flexibility index (Phi) is 3.16. The van der Waals surface area contributed by atoms with Crippen molar-refractivity contribution in [2.24, 2.45) is 0 Å². The summed E-state index contributed by atoms with van der Waals surface area (Å²) >= 11 is 0. The van der Waals surface area contributed by atoms with Gasteiger partial charge in [0.25, 0.3) is 0 Å². The predicted molar refractivity (Wildman–Crippen MR) is 57.0 cm³/mol. The zero-order chi connectivity index (χ0) is 11.6. The standard InChI is InChI=1S/C11H17NO4/c1-3-6-15-10(13)12-8-11(4-5-11)16-7-9(12)14-2/h3,9H,1,4-8H2,2H3. The lowest BCUT2D eigenvalue weighted by Gasteiger charge is -2.38. The van der Waals surface area contributed by atoms with E-state index >= 15 is 0 Å². The van der Waals surface area contributed by atoms with Gasteiger partial charge in [-0.2, -0.15) is 0 Å². The van der Waals surface area contributed by atoms with Crippen molar-refractivity contribution in [1.82, 2.24) is 4.90 Å². The molecule has 5 heteroatoms. The van der Waals surface area contributed by atoms with Crippen LogP contribution >= 0.6 is 0 Å². The van der Waals surface area contributed by atoms with Gasteiger partial charge in [-0.15, -0.1) is 0 Å². The summed E-state index contributed by atoms with van der Waals surface area (Å²) in [6.45, 7) is 4.70. The zero-order valence-electron chi connectivity index (χ0n) is 9.48. The summed E-state index contributed by atoms with van der Waals surface area (Å²) in [5.41, 5.74) is -0.123. The second-order valence-corrected chi connectivity index (χ2v) is 4.18. The summed E-state index contributed by atoms with van der Waals surface area (Å²) in [4.78, 5) is 13.4. The fourth-order valence-electron chi connectivity index (χ4n) is 1.83. The number of ether oxygens (including phenoxy) is 3. The molecule has 1 amide bonds. The van der Waals surface area contributed by atoms with E-state index in [4.69, 9.17) is 14.2 Å². The van der Waals surface area contributed by atoms with E-state index in [2.05, 4.69) is 6.58 Å². The Morgan fingerprint density at radius 1 is 1.69 bits per heavy atom. The van der Waals surface area contributed by atoms with E-state index in [1.807, 2.05) is 0 Å². The minimum atomic E-state index is -0.360. The van der Waals surface area contributed by atoms with Gasteiger partial charge >= 0.3 is 6.09 Å². The summed E-state index contributed by atoms with van der Waals surface area (Å²) in [5, 5.41) is 0. The van der Waals surface area contributed by atoms with Gasteiger partial charge in [0, 0.05) is 7.11 Å². The third kappa shape index (κ3) is 2.20. The molecule has 0 aromatic heterocycles. The number of nitrogens with zero attached hydrogens (tertiary/aromatic N) is 1. The Morgan fingerprint density at radius 3 is 3.00 bits per heavy atom. The van der Waals surface area contributed by atoms with Crippen molar-refractivity contribution < 1.29 is 19.0 Å². The highest BCUT2D eigenvalue weighted by atomic mass is 16.6. The van der Waals surface area contributed by atoms with Gasteiger partial charge in [0.1, 0.15) is 6.61 Å².